The second-order valence-corrected chi connectivity index (χ2v) is 10.4. The molecule has 1 unspecified atom stereocenters. The third-order valence-corrected chi connectivity index (χ3v) is 6.95. The van der Waals surface area contributed by atoms with Crippen LogP contribution < -0.4 is 14.4 Å². The molecular formula is C24H32ClN3O5S. The summed E-state index contributed by atoms with van der Waals surface area (Å²) in [5.74, 6) is -0.0760. The lowest BCUT2D eigenvalue weighted by atomic mass is 10.1. The van der Waals surface area contributed by atoms with Crippen LogP contribution in [0.3, 0.4) is 0 Å². The number of carbonyl (C=O) groups is 2. The first-order valence-corrected chi connectivity index (χ1v) is 13.1. The maximum atomic E-state index is 13.1. The number of likely N-dealkylation sites (N-methyl/N-ethyl adjacent to an activating group) is 1. The number of benzene rings is 2. The fraction of sp³-hybridized carbons (Fsp3) is 0.417. The first kappa shape index (κ1) is 27.5. The molecule has 1 N–H and O–H groups in total. The van der Waals surface area contributed by atoms with E-state index in [-0.39, 0.29) is 42.8 Å². The van der Waals surface area contributed by atoms with Gasteiger partial charge in [0.2, 0.25) is 21.8 Å². The van der Waals surface area contributed by atoms with Gasteiger partial charge in [-0.2, -0.15) is 0 Å². The van der Waals surface area contributed by atoms with Gasteiger partial charge in [0.05, 0.1) is 24.1 Å². The van der Waals surface area contributed by atoms with Crippen LogP contribution in [-0.2, 0) is 26.2 Å². The van der Waals surface area contributed by atoms with Crippen LogP contribution in [0, 0.1) is 6.92 Å². The topological polar surface area (TPSA) is 96.0 Å². The van der Waals surface area contributed by atoms with Gasteiger partial charge in [-0.25, -0.2) is 8.42 Å². The second-order valence-electron chi connectivity index (χ2n) is 8.05. The molecule has 0 aliphatic carbocycles. The van der Waals surface area contributed by atoms with Crippen LogP contribution >= 0.6 is 11.6 Å². The molecule has 10 heteroatoms. The average molecular weight is 510 g/mol. The minimum Gasteiger partial charge on any atom is -0.495 e. The van der Waals surface area contributed by atoms with Gasteiger partial charge in [0, 0.05) is 26.6 Å². The quantitative estimate of drug-likeness (QED) is 0.501. The van der Waals surface area contributed by atoms with Gasteiger partial charge in [0.25, 0.3) is 0 Å². The fourth-order valence-corrected chi connectivity index (χ4v) is 4.71. The molecule has 0 spiro atoms. The first-order chi connectivity index (χ1) is 16.0. The van der Waals surface area contributed by atoms with Gasteiger partial charge >= 0.3 is 0 Å². The minimum atomic E-state index is -3.61. The molecule has 0 saturated carbocycles. The molecule has 2 aromatic rings. The lowest BCUT2D eigenvalue weighted by molar-refractivity contribution is -0.140. The number of carbonyl (C=O) groups excluding carboxylic acids is 2. The standard InChI is InChI=1S/C24H32ClN3O5S/c1-17-8-10-19(11-9-17)16-27(18(2)24(30)26-3)23(29)7-6-14-28(34(5,31)32)20-12-13-22(33-4)21(25)15-20/h8-13,15,18H,6-7,14,16H2,1-5H3,(H,26,30). The Bertz CT molecular complexity index is 1110. The molecule has 0 fully saturated rings. The maximum Gasteiger partial charge on any atom is 0.242 e. The number of rotatable bonds is 11. The Morgan fingerprint density at radius 2 is 1.79 bits per heavy atom. The molecular weight excluding hydrogens is 478 g/mol. The molecule has 0 aromatic heterocycles. The van der Waals surface area contributed by atoms with Crippen molar-refractivity contribution >= 4 is 39.1 Å². The Hall–Kier alpha value is -2.78. The molecule has 0 aliphatic rings. The second kappa shape index (κ2) is 12.1. The highest BCUT2D eigenvalue weighted by molar-refractivity contribution is 7.92. The number of aryl methyl sites for hydroxylation is 1. The molecule has 0 bridgehead atoms. The third kappa shape index (κ3) is 7.36. The van der Waals surface area contributed by atoms with E-state index >= 15 is 0 Å². The Balaban J connectivity index is 2.16. The van der Waals surface area contributed by atoms with Crippen molar-refractivity contribution in [3.8, 4) is 5.75 Å². The van der Waals surface area contributed by atoms with Gasteiger partial charge in [-0.15, -0.1) is 0 Å². The van der Waals surface area contributed by atoms with Crippen molar-refractivity contribution in [2.45, 2.75) is 39.3 Å². The number of amides is 2. The van der Waals surface area contributed by atoms with E-state index in [0.717, 1.165) is 17.4 Å². The van der Waals surface area contributed by atoms with Crippen LogP contribution in [0.5, 0.6) is 5.75 Å². The van der Waals surface area contributed by atoms with Gasteiger partial charge < -0.3 is 15.0 Å². The molecule has 0 heterocycles. The molecule has 2 rings (SSSR count). The highest BCUT2D eigenvalue weighted by Crippen LogP contribution is 2.30. The van der Waals surface area contributed by atoms with Crippen LogP contribution in [0.25, 0.3) is 0 Å². The summed E-state index contributed by atoms with van der Waals surface area (Å²) in [4.78, 5) is 26.9. The van der Waals surface area contributed by atoms with Crippen LogP contribution in [0.1, 0.15) is 30.9 Å². The summed E-state index contributed by atoms with van der Waals surface area (Å²) >= 11 is 6.17. The van der Waals surface area contributed by atoms with Crippen molar-refractivity contribution in [2.24, 2.45) is 0 Å². The summed E-state index contributed by atoms with van der Waals surface area (Å²) in [6.45, 7) is 4.01. The molecule has 0 aliphatic heterocycles. The number of hydrogen-bond donors (Lipinski definition) is 1. The minimum absolute atomic E-state index is 0.0725. The van der Waals surface area contributed by atoms with E-state index in [2.05, 4.69) is 5.32 Å². The normalized spacial score (nSPS) is 12.1. The van der Waals surface area contributed by atoms with Crippen molar-refractivity contribution in [3.63, 3.8) is 0 Å². The van der Waals surface area contributed by atoms with E-state index in [1.165, 1.54) is 29.4 Å². The van der Waals surface area contributed by atoms with Crippen molar-refractivity contribution < 1.29 is 22.7 Å². The van der Waals surface area contributed by atoms with E-state index in [9.17, 15) is 18.0 Å². The fourth-order valence-electron chi connectivity index (χ4n) is 3.50. The number of methoxy groups -OCH3 is 1. The van der Waals surface area contributed by atoms with Crippen LogP contribution in [0.15, 0.2) is 42.5 Å². The number of nitrogens with one attached hydrogen (secondary N) is 1. The molecule has 186 valence electrons. The third-order valence-electron chi connectivity index (χ3n) is 5.46. The van der Waals surface area contributed by atoms with E-state index in [4.69, 9.17) is 16.3 Å². The zero-order valence-electron chi connectivity index (χ0n) is 20.2. The molecule has 0 saturated heterocycles. The van der Waals surface area contributed by atoms with E-state index in [1.54, 1.807) is 19.1 Å². The summed E-state index contributed by atoms with van der Waals surface area (Å²) in [5, 5.41) is 2.87. The number of sulfonamides is 1. The number of hydrogen-bond acceptors (Lipinski definition) is 5. The predicted octanol–water partition coefficient (Wildman–Crippen LogP) is 3.37. The summed E-state index contributed by atoms with van der Waals surface area (Å²) in [7, 11) is -0.614. The van der Waals surface area contributed by atoms with Crippen LogP contribution in [0.4, 0.5) is 5.69 Å². The van der Waals surface area contributed by atoms with Crippen molar-refractivity contribution in [2.75, 3.05) is 31.3 Å². The highest BCUT2D eigenvalue weighted by atomic mass is 35.5. The maximum absolute atomic E-state index is 13.1. The summed E-state index contributed by atoms with van der Waals surface area (Å²) in [5.41, 5.74) is 2.39. The van der Waals surface area contributed by atoms with Gasteiger partial charge in [-0.05, 0) is 44.0 Å². The number of ether oxygens (including phenoxy) is 1. The van der Waals surface area contributed by atoms with Crippen LogP contribution in [0.2, 0.25) is 5.02 Å². The van der Waals surface area contributed by atoms with Crippen molar-refractivity contribution in [1.82, 2.24) is 10.2 Å². The zero-order chi connectivity index (χ0) is 25.5. The lowest BCUT2D eigenvalue weighted by Crippen LogP contribution is -2.46. The van der Waals surface area contributed by atoms with E-state index < -0.39 is 16.1 Å². The summed E-state index contributed by atoms with van der Waals surface area (Å²) < 4.78 is 31.2. The summed E-state index contributed by atoms with van der Waals surface area (Å²) in [6.07, 6.45) is 1.44. The highest BCUT2D eigenvalue weighted by Gasteiger charge is 2.26. The van der Waals surface area contributed by atoms with Gasteiger partial charge in [-0.3, -0.25) is 13.9 Å². The Morgan fingerprint density at radius 1 is 1.15 bits per heavy atom. The Kier molecular flexibility index (Phi) is 9.76. The lowest BCUT2D eigenvalue weighted by Gasteiger charge is -2.29. The first-order valence-electron chi connectivity index (χ1n) is 10.9. The molecule has 2 aromatic carbocycles. The van der Waals surface area contributed by atoms with Gasteiger partial charge in [0.1, 0.15) is 11.8 Å². The van der Waals surface area contributed by atoms with Crippen molar-refractivity contribution in [3.05, 3.63) is 58.6 Å². The smallest absolute Gasteiger partial charge is 0.242 e. The number of nitrogens with zero attached hydrogens (tertiary/aromatic N) is 2. The predicted molar refractivity (Wildman–Crippen MR) is 135 cm³/mol. The Morgan fingerprint density at radius 3 is 2.32 bits per heavy atom. The van der Waals surface area contributed by atoms with Crippen LogP contribution in [-0.4, -0.2) is 58.1 Å². The summed E-state index contributed by atoms with van der Waals surface area (Å²) in [6, 6.07) is 11.8. The molecule has 1 atom stereocenters. The average Bonchev–Trinajstić information content (AvgIpc) is 2.79. The monoisotopic (exact) mass is 509 g/mol. The number of halogens is 1. The van der Waals surface area contributed by atoms with E-state index in [1.807, 2.05) is 31.2 Å². The van der Waals surface area contributed by atoms with E-state index in [0.29, 0.717) is 11.4 Å². The zero-order valence-corrected chi connectivity index (χ0v) is 21.7. The van der Waals surface area contributed by atoms with Crippen molar-refractivity contribution in [1.29, 1.82) is 0 Å². The SMILES string of the molecule is CNC(=O)C(C)N(Cc1ccc(C)cc1)C(=O)CCCN(c1ccc(OC)c(Cl)c1)S(C)(=O)=O. The Labute approximate surface area is 206 Å². The van der Waals surface area contributed by atoms with Gasteiger partial charge in [0.15, 0.2) is 0 Å². The molecule has 0 radical (unpaired) electrons. The largest absolute Gasteiger partial charge is 0.495 e. The molecule has 34 heavy (non-hydrogen) atoms. The van der Waals surface area contributed by atoms with Gasteiger partial charge in [-0.1, -0.05) is 41.4 Å². The number of anilines is 1. The molecule has 2 amide bonds. The molecule has 8 nitrogen and oxygen atoms in total.